The Balaban J connectivity index is 1.69. The Bertz CT molecular complexity index is 453. The van der Waals surface area contributed by atoms with Crippen molar-refractivity contribution in [1.29, 1.82) is 0 Å². The Morgan fingerprint density at radius 1 is 1.10 bits per heavy atom. The first-order valence-corrected chi connectivity index (χ1v) is 9.05. The Morgan fingerprint density at radius 2 is 1.90 bits per heavy atom. The van der Waals surface area contributed by atoms with E-state index in [9.17, 15) is 0 Å². The molecule has 1 fully saturated rings. The zero-order valence-electron chi connectivity index (χ0n) is 13.8. The molecule has 3 rings (SSSR count). The monoisotopic (exact) mass is 285 g/mol. The van der Waals surface area contributed by atoms with Crippen molar-refractivity contribution >= 4 is 0 Å². The zero-order valence-corrected chi connectivity index (χ0v) is 13.8. The summed E-state index contributed by atoms with van der Waals surface area (Å²) in [6, 6.07) is 9.82. The summed E-state index contributed by atoms with van der Waals surface area (Å²) in [5, 5.41) is 3.72. The van der Waals surface area contributed by atoms with E-state index in [-0.39, 0.29) is 0 Å². The summed E-state index contributed by atoms with van der Waals surface area (Å²) < 4.78 is 0. The maximum Gasteiger partial charge on any atom is 0.0124 e. The predicted molar refractivity (Wildman–Crippen MR) is 90.5 cm³/mol. The van der Waals surface area contributed by atoms with Crippen LogP contribution < -0.4 is 5.32 Å². The molecule has 0 aromatic heterocycles. The molecule has 4 atom stereocenters. The molecular weight excluding hydrogens is 254 g/mol. The summed E-state index contributed by atoms with van der Waals surface area (Å²) >= 11 is 0. The van der Waals surface area contributed by atoms with E-state index in [1.54, 1.807) is 11.1 Å². The van der Waals surface area contributed by atoms with Crippen molar-refractivity contribution in [3.8, 4) is 0 Å². The number of rotatable bonds is 4. The van der Waals surface area contributed by atoms with Crippen LogP contribution in [0.5, 0.6) is 0 Å². The molecule has 21 heavy (non-hydrogen) atoms. The average Bonchev–Trinajstić information content (AvgIpc) is 2.56. The molecule has 0 radical (unpaired) electrons. The van der Waals surface area contributed by atoms with Gasteiger partial charge in [-0.15, -0.1) is 0 Å². The van der Waals surface area contributed by atoms with Gasteiger partial charge in [0.15, 0.2) is 0 Å². The minimum absolute atomic E-state index is 0.729. The fourth-order valence-electron chi connectivity index (χ4n) is 4.92. The molecule has 1 saturated carbocycles. The highest BCUT2D eigenvalue weighted by atomic mass is 14.9. The molecule has 0 amide bonds. The second-order valence-corrected chi connectivity index (χ2v) is 7.29. The van der Waals surface area contributed by atoms with Gasteiger partial charge in [0, 0.05) is 6.04 Å². The molecular formula is C20H31N. The average molecular weight is 285 g/mol. The normalized spacial score (nSPS) is 30.7. The highest BCUT2D eigenvalue weighted by Crippen LogP contribution is 2.38. The summed E-state index contributed by atoms with van der Waals surface area (Å²) in [5.74, 6) is 2.73. The highest BCUT2D eigenvalue weighted by Gasteiger charge is 2.33. The van der Waals surface area contributed by atoms with Crippen LogP contribution in [0.3, 0.4) is 0 Å². The summed E-state index contributed by atoms with van der Waals surface area (Å²) in [6.45, 7) is 2.37. The van der Waals surface area contributed by atoms with Gasteiger partial charge in [-0.2, -0.15) is 0 Å². The maximum absolute atomic E-state index is 3.72. The van der Waals surface area contributed by atoms with Gasteiger partial charge in [-0.1, -0.05) is 50.5 Å². The topological polar surface area (TPSA) is 12.0 Å². The SMILES string of the molecule is CCC1CCCC(C(NC)C2CCc3ccccc3C2)C1. The van der Waals surface area contributed by atoms with Gasteiger partial charge < -0.3 is 5.32 Å². The number of nitrogens with one attached hydrogen (secondary N) is 1. The molecule has 1 N–H and O–H groups in total. The first-order valence-electron chi connectivity index (χ1n) is 9.05. The van der Waals surface area contributed by atoms with Crippen LogP contribution in [0.1, 0.15) is 56.6 Å². The Labute approximate surface area is 130 Å². The summed E-state index contributed by atoms with van der Waals surface area (Å²) in [6.07, 6.45) is 11.1. The third-order valence-corrected chi connectivity index (χ3v) is 6.13. The molecule has 0 saturated heterocycles. The van der Waals surface area contributed by atoms with E-state index in [2.05, 4.69) is 43.6 Å². The predicted octanol–water partition coefficient (Wildman–Crippen LogP) is 4.60. The van der Waals surface area contributed by atoms with E-state index in [1.807, 2.05) is 0 Å². The highest BCUT2D eigenvalue weighted by molar-refractivity contribution is 5.30. The number of hydrogen-bond acceptors (Lipinski definition) is 1. The summed E-state index contributed by atoms with van der Waals surface area (Å²) in [5.41, 5.74) is 3.20. The molecule has 0 bridgehead atoms. The molecule has 0 heterocycles. The van der Waals surface area contributed by atoms with Crippen LogP contribution in [0.2, 0.25) is 0 Å². The van der Waals surface area contributed by atoms with Crippen molar-refractivity contribution < 1.29 is 0 Å². The first kappa shape index (κ1) is 15.1. The standard InChI is InChI=1S/C20H31N/c1-3-15-7-6-10-18(13-15)20(21-2)19-12-11-16-8-4-5-9-17(16)14-19/h4-5,8-9,15,18-21H,3,6-7,10-14H2,1-2H3. The lowest BCUT2D eigenvalue weighted by Gasteiger charge is -2.40. The Morgan fingerprint density at radius 3 is 2.67 bits per heavy atom. The minimum Gasteiger partial charge on any atom is -0.316 e. The number of aryl methyl sites for hydroxylation is 1. The largest absolute Gasteiger partial charge is 0.316 e. The molecule has 4 unspecified atom stereocenters. The molecule has 1 aromatic carbocycles. The van der Waals surface area contributed by atoms with Gasteiger partial charge >= 0.3 is 0 Å². The third kappa shape index (κ3) is 3.34. The van der Waals surface area contributed by atoms with Crippen LogP contribution in [0, 0.1) is 17.8 Å². The van der Waals surface area contributed by atoms with Gasteiger partial charge in [0.05, 0.1) is 0 Å². The number of hydrogen-bond donors (Lipinski definition) is 1. The number of fused-ring (bicyclic) bond motifs is 1. The molecule has 116 valence electrons. The van der Waals surface area contributed by atoms with E-state index in [1.165, 1.54) is 51.4 Å². The Kier molecular flexibility index (Phi) is 5.00. The lowest BCUT2D eigenvalue weighted by Crippen LogP contribution is -2.44. The second-order valence-electron chi connectivity index (χ2n) is 7.29. The van der Waals surface area contributed by atoms with Crippen molar-refractivity contribution in [3.63, 3.8) is 0 Å². The van der Waals surface area contributed by atoms with E-state index in [0.29, 0.717) is 0 Å². The molecule has 1 aromatic rings. The van der Waals surface area contributed by atoms with Crippen molar-refractivity contribution in [1.82, 2.24) is 5.32 Å². The van der Waals surface area contributed by atoms with Gasteiger partial charge in [-0.05, 0) is 68.0 Å². The van der Waals surface area contributed by atoms with Crippen molar-refractivity contribution in [2.75, 3.05) is 7.05 Å². The van der Waals surface area contributed by atoms with E-state index in [4.69, 9.17) is 0 Å². The summed E-state index contributed by atoms with van der Waals surface area (Å²) in [7, 11) is 2.20. The van der Waals surface area contributed by atoms with Crippen LogP contribution >= 0.6 is 0 Å². The lowest BCUT2D eigenvalue weighted by molar-refractivity contribution is 0.165. The second kappa shape index (κ2) is 6.96. The fourth-order valence-corrected chi connectivity index (χ4v) is 4.92. The van der Waals surface area contributed by atoms with Gasteiger partial charge in [0.1, 0.15) is 0 Å². The molecule has 1 nitrogen and oxygen atoms in total. The van der Waals surface area contributed by atoms with E-state index < -0.39 is 0 Å². The van der Waals surface area contributed by atoms with Gasteiger partial charge in [-0.25, -0.2) is 0 Å². The maximum atomic E-state index is 3.72. The summed E-state index contributed by atoms with van der Waals surface area (Å²) in [4.78, 5) is 0. The molecule has 2 aliphatic carbocycles. The van der Waals surface area contributed by atoms with Gasteiger partial charge in [0.2, 0.25) is 0 Å². The molecule has 0 spiro atoms. The van der Waals surface area contributed by atoms with Crippen molar-refractivity contribution in [3.05, 3.63) is 35.4 Å². The fraction of sp³-hybridized carbons (Fsp3) is 0.700. The van der Waals surface area contributed by atoms with Gasteiger partial charge in [-0.3, -0.25) is 0 Å². The van der Waals surface area contributed by atoms with Crippen molar-refractivity contribution in [2.24, 2.45) is 17.8 Å². The van der Waals surface area contributed by atoms with Crippen LogP contribution in [0.15, 0.2) is 24.3 Å². The van der Waals surface area contributed by atoms with E-state index >= 15 is 0 Å². The van der Waals surface area contributed by atoms with Gasteiger partial charge in [0.25, 0.3) is 0 Å². The van der Waals surface area contributed by atoms with Crippen LogP contribution in [0.25, 0.3) is 0 Å². The number of benzene rings is 1. The minimum atomic E-state index is 0.729. The lowest BCUT2D eigenvalue weighted by atomic mass is 9.70. The molecule has 0 aliphatic heterocycles. The van der Waals surface area contributed by atoms with Crippen LogP contribution in [-0.4, -0.2) is 13.1 Å². The quantitative estimate of drug-likeness (QED) is 0.853. The van der Waals surface area contributed by atoms with Crippen molar-refractivity contribution in [2.45, 2.75) is 64.3 Å². The third-order valence-electron chi connectivity index (χ3n) is 6.13. The van der Waals surface area contributed by atoms with Crippen LogP contribution in [0.4, 0.5) is 0 Å². The zero-order chi connectivity index (χ0) is 14.7. The molecule has 1 heteroatoms. The van der Waals surface area contributed by atoms with Crippen LogP contribution in [-0.2, 0) is 12.8 Å². The molecule has 2 aliphatic rings. The van der Waals surface area contributed by atoms with E-state index in [0.717, 1.165) is 23.8 Å². The smallest absolute Gasteiger partial charge is 0.0124 e. The Hall–Kier alpha value is -0.820. The first-order chi connectivity index (χ1) is 10.3.